The summed E-state index contributed by atoms with van der Waals surface area (Å²) < 4.78 is 65.2. The summed E-state index contributed by atoms with van der Waals surface area (Å²) in [5.41, 5.74) is 0.123. The first-order chi connectivity index (χ1) is 17.2. The van der Waals surface area contributed by atoms with E-state index in [2.05, 4.69) is 15.4 Å². The van der Waals surface area contributed by atoms with Crippen LogP contribution in [-0.4, -0.2) is 34.4 Å². The van der Waals surface area contributed by atoms with Gasteiger partial charge in [0.25, 0.3) is 5.91 Å². The van der Waals surface area contributed by atoms with Crippen molar-refractivity contribution in [3.05, 3.63) is 83.7 Å². The van der Waals surface area contributed by atoms with Gasteiger partial charge in [-0.15, -0.1) is 5.10 Å². The molecule has 0 saturated carbocycles. The molecule has 0 spiro atoms. The van der Waals surface area contributed by atoms with Gasteiger partial charge in [0, 0.05) is 16.8 Å². The van der Waals surface area contributed by atoms with Crippen molar-refractivity contribution >= 4 is 11.6 Å². The molecule has 1 N–H and O–H groups in total. The Morgan fingerprint density at radius 1 is 1.06 bits per heavy atom. The molecule has 0 bridgehead atoms. The van der Waals surface area contributed by atoms with E-state index in [0.717, 1.165) is 19.2 Å². The van der Waals surface area contributed by atoms with E-state index in [1.165, 1.54) is 22.9 Å². The van der Waals surface area contributed by atoms with Gasteiger partial charge in [0.1, 0.15) is 11.6 Å². The lowest BCUT2D eigenvalue weighted by Gasteiger charge is -2.13. The average molecular weight is 500 g/mol. The summed E-state index contributed by atoms with van der Waals surface area (Å²) >= 11 is 0. The van der Waals surface area contributed by atoms with Crippen molar-refractivity contribution in [1.29, 1.82) is 0 Å². The van der Waals surface area contributed by atoms with E-state index in [1.54, 1.807) is 43.3 Å². The number of aromatic nitrogens is 3. The van der Waals surface area contributed by atoms with Gasteiger partial charge in [0.05, 0.1) is 25.0 Å². The van der Waals surface area contributed by atoms with Gasteiger partial charge in [-0.3, -0.25) is 4.79 Å². The lowest BCUT2D eigenvalue weighted by atomic mass is 10.1. The average Bonchev–Trinajstić information content (AvgIpc) is 3.27. The molecule has 0 atom stereocenters. The largest absolute Gasteiger partial charge is 0.496 e. The standard InChI is InChI=1S/C25H20F4N4O3/c1-3-36-24-31-22(15-5-4-6-17(26)13-15)33(32-24)19-10-8-18(9-11-19)30-23(34)16-7-12-21(35-2)20(14-16)25(27,28)29/h4-14H,3H2,1-2H3,(H,30,34). The van der Waals surface area contributed by atoms with Gasteiger partial charge in [-0.1, -0.05) is 12.1 Å². The second-order valence-electron chi connectivity index (χ2n) is 7.49. The molecule has 11 heteroatoms. The number of rotatable bonds is 7. The molecular formula is C25H20F4N4O3. The third kappa shape index (κ3) is 5.29. The van der Waals surface area contributed by atoms with Crippen molar-refractivity contribution in [2.45, 2.75) is 13.1 Å². The minimum atomic E-state index is -4.68. The van der Waals surface area contributed by atoms with Crippen LogP contribution in [0.2, 0.25) is 0 Å². The van der Waals surface area contributed by atoms with Crippen LogP contribution < -0.4 is 14.8 Å². The number of hydrogen-bond acceptors (Lipinski definition) is 5. The first kappa shape index (κ1) is 24.7. The molecule has 36 heavy (non-hydrogen) atoms. The third-order valence-corrected chi connectivity index (χ3v) is 5.08. The summed E-state index contributed by atoms with van der Waals surface area (Å²) in [4.78, 5) is 16.9. The van der Waals surface area contributed by atoms with E-state index in [0.29, 0.717) is 29.4 Å². The highest BCUT2D eigenvalue weighted by atomic mass is 19.4. The Morgan fingerprint density at radius 2 is 1.81 bits per heavy atom. The Labute approximate surface area is 203 Å². The van der Waals surface area contributed by atoms with Crippen molar-refractivity contribution in [2.75, 3.05) is 19.0 Å². The smallest absolute Gasteiger partial charge is 0.419 e. The van der Waals surface area contributed by atoms with Gasteiger partial charge >= 0.3 is 12.2 Å². The van der Waals surface area contributed by atoms with Crippen LogP contribution in [0.25, 0.3) is 17.1 Å². The van der Waals surface area contributed by atoms with E-state index in [9.17, 15) is 22.4 Å². The second-order valence-corrected chi connectivity index (χ2v) is 7.49. The van der Waals surface area contributed by atoms with Crippen molar-refractivity contribution in [3.8, 4) is 28.8 Å². The summed E-state index contributed by atoms with van der Waals surface area (Å²) in [6, 6.07) is 15.4. The van der Waals surface area contributed by atoms with Gasteiger partial charge < -0.3 is 14.8 Å². The predicted octanol–water partition coefficient (Wildman–Crippen LogP) is 5.75. The molecule has 1 amide bonds. The lowest BCUT2D eigenvalue weighted by Crippen LogP contribution is -2.15. The van der Waals surface area contributed by atoms with Gasteiger partial charge in [-0.05, 0) is 61.5 Å². The van der Waals surface area contributed by atoms with Crippen LogP contribution in [-0.2, 0) is 6.18 Å². The fraction of sp³-hybridized carbons (Fsp3) is 0.160. The highest BCUT2D eigenvalue weighted by molar-refractivity contribution is 6.04. The molecule has 1 aromatic heterocycles. The highest BCUT2D eigenvalue weighted by Crippen LogP contribution is 2.36. The molecule has 3 aromatic carbocycles. The summed E-state index contributed by atoms with van der Waals surface area (Å²) in [5, 5.41) is 6.88. The first-order valence-corrected chi connectivity index (χ1v) is 10.7. The molecule has 0 aliphatic rings. The van der Waals surface area contributed by atoms with Crippen molar-refractivity contribution in [1.82, 2.24) is 14.8 Å². The number of ether oxygens (including phenoxy) is 2. The number of carbonyl (C=O) groups excluding carboxylic acids is 1. The number of nitrogens with zero attached hydrogens (tertiary/aromatic N) is 3. The number of anilines is 1. The maximum Gasteiger partial charge on any atom is 0.419 e. The number of carbonyl (C=O) groups is 1. The molecule has 186 valence electrons. The summed E-state index contributed by atoms with van der Waals surface area (Å²) in [7, 11) is 1.12. The highest BCUT2D eigenvalue weighted by Gasteiger charge is 2.35. The monoisotopic (exact) mass is 500 g/mol. The van der Waals surface area contributed by atoms with Crippen LogP contribution in [0.3, 0.4) is 0 Å². The Bertz CT molecular complexity index is 1390. The summed E-state index contributed by atoms with van der Waals surface area (Å²) in [6.07, 6.45) is -4.68. The molecular weight excluding hydrogens is 480 g/mol. The number of halogens is 4. The number of alkyl halides is 3. The normalized spacial score (nSPS) is 11.3. The minimum Gasteiger partial charge on any atom is -0.496 e. The molecule has 4 rings (SSSR count). The zero-order valence-electron chi connectivity index (χ0n) is 19.1. The number of nitrogens with one attached hydrogen (secondary N) is 1. The Morgan fingerprint density at radius 3 is 2.44 bits per heavy atom. The van der Waals surface area contributed by atoms with Crippen LogP contribution in [0.5, 0.6) is 11.8 Å². The topological polar surface area (TPSA) is 78.3 Å². The maximum absolute atomic E-state index is 13.8. The van der Waals surface area contributed by atoms with Gasteiger partial charge in [0.2, 0.25) is 0 Å². The molecule has 0 aliphatic heterocycles. The van der Waals surface area contributed by atoms with Gasteiger partial charge in [-0.25, -0.2) is 9.07 Å². The van der Waals surface area contributed by atoms with Crippen LogP contribution in [0.1, 0.15) is 22.8 Å². The van der Waals surface area contributed by atoms with Crippen molar-refractivity contribution in [2.24, 2.45) is 0 Å². The number of hydrogen-bond donors (Lipinski definition) is 1. The molecule has 0 aliphatic carbocycles. The van der Waals surface area contributed by atoms with E-state index in [4.69, 9.17) is 9.47 Å². The van der Waals surface area contributed by atoms with Crippen LogP contribution in [0.15, 0.2) is 66.7 Å². The van der Waals surface area contributed by atoms with Gasteiger partial charge in [-0.2, -0.15) is 18.2 Å². The predicted molar refractivity (Wildman–Crippen MR) is 124 cm³/mol. The fourth-order valence-electron chi connectivity index (χ4n) is 3.44. The Hall–Kier alpha value is -4.41. The van der Waals surface area contributed by atoms with E-state index < -0.39 is 23.5 Å². The molecule has 0 unspecified atom stereocenters. The molecule has 7 nitrogen and oxygen atoms in total. The minimum absolute atomic E-state index is 0.106. The van der Waals surface area contributed by atoms with Crippen molar-refractivity contribution < 1.29 is 31.8 Å². The van der Waals surface area contributed by atoms with Crippen LogP contribution in [0.4, 0.5) is 23.2 Å². The maximum atomic E-state index is 13.8. The fourth-order valence-corrected chi connectivity index (χ4v) is 3.44. The second kappa shape index (κ2) is 10.1. The summed E-state index contributed by atoms with van der Waals surface area (Å²) in [5.74, 6) is -1.20. The van der Waals surface area contributed by atoms with Gasteiger partial charge in [0.15, 0.2) is 5.82 Å². The first-order valence-electron chi connectivity index (χ1n) is 10.7. The Kier molecular flexibility index (Phi) is 6.91. The molecule has 0 saturated heterocycles. The quantitative estimate of drug-likeness (QED) is 0.327. The number of benzene rings is 3. The summed E-state index contributed by atoms with van der Waals surface area (Å²) in [6.45, 7) is 2.11. The molecule has 0 fully saturated rings. The number of methoxy groups -OCH3 is 1. The van der Waals surface area contributed by atoms with Crippen molar-refractivity contribution in [3.63, 3.8) is 0 Å². The SMILES string of the molecule is CCOc1nc(-c2cccc(F)c2)n(-c2ccc(NC(=O)c3ccc(OC)c(C(F)(F)F)c3)cc2)n1. The Balaban J connectivity index is 1.60. The van der Waals surface area contributed by atoms with E-state index >= 15 is 0 Å². The van der Waals surface area contributed by atoms with Crippen LogP contribution in [0, 0.1) is 5.82 Å². The lowest BCUT2D eigenvalue weighted by molar-refractivity contribution is -0.138. The zero-order chi connectivity index (χ0) is 25.9. The molecule has 0 radical (unpaired) electrons. The van der Waals surface area contributed by atoms with E-state index in [-0.39, 0.29) is 17.3 Å². The van der Waals surface area contributed by atoms with Crippen LogP contribution >= 0.6 is 0 Å². The molecule has 1 heterocycles. The number of amides is 1. The molecule has 4 aromatic rings. The zero-order valence-corrected chi connectivity index (χ0v) is 19.1. The third-order valence-electron chi connectivity index (χ3n) is 5.08. The van der Waals surface area contributed by atoms with E-state index in [1.807, 2.05) is 0 Å².